The minimum Gasteiger partial charge on any atom is -0.489 e. The van der Waals surface area contributed by atoms with Crippen LogP contribution in [0.2, 0.25) is 0 Å². The van der Waals surface area contributed by atoms with Gasteiger partial charge in [-0.2, -0.15) is 0 Å². The zero-order valence-electron chi connectivity index (χ0n) is 12.5. The molecule has 0 amide bonds. The molecular formula is C16H23NO4. The van der Waals surface area contributed by atoms with Crippen LogP contribution in [0.1, 0.15) is 43.0 Å². The fourth-order valence-electron chi connectivity index (χ4n) is 2.24. The lowest BCUT2D eigenvalue weighted by atomic mass is 10.1. The van der Waals surface area contributed by atoms with E-state index in [4.69, 9.17) is 19.9 Å². The molecule has 5 heteroatoms. The predicted octanol–water partition coefficient (Wildman–Crippen LogP) is 2.78. The number of carbonyl (C=O) groups excluding carboxylic acids is 1. The van der Waals surface area contributed by atoms with Gasteiger partial charge < -0.3 is 19.9 Å². The lowest BCUT2D eigenvalue weighted by molar-refractivity contribution is -0.0109. The Morgan fingerprint density at radius 1 is 1.43 bits per heavy atom. The Morgan fingerprint density at radius 2 is 2.29 bits per heavy atom. The summed E-state index contributed by atoms with van der Waals surface area (Å²) >= 11 is 0. The minimum atomic E-state index is -0.409. The van der Waals surface area contributed by atoms with E-state index in [1.807, 2.05) is 6.92 Å². The molecule has 1 saturated heterocycles. The molecule has 2 N–H and O–H groups in total. The molecule has 1 heterocycles. The lowest BCUT2D eigenvalue weighted by Gasteiger charge is -2.23. The molecule has 0 aliphatic carbocycles. The van der Waals surface area contributed by atoms with Crippen molar-refractivity contribution in [3.63, 3.8) is 0 Å². The van der Waals surface area contributed by atoms with Gasteiger partial charge in [0.1, 0.15) is 12.4 Å². The Hall–Kier alpha value is -1.75. The topological polar surface area (TPSA) is 70.8 Å². The number of para-hydroxylation sites is 1. The van der Waals surface area contributed by atoms with Crippen molar-refractivity contribution in [1.29, 1.82) is 0 Å². The highest BCUT2D eigenvalue weighted by Crippen LogP contribution is 2.26. The average molecular weight is 293 g/mol. The lowest BCUT2D eigenvalue weighted by Crippen LogP contribution is -2.26. The Bertz CT molecular complexity index is 469. The number of esters is 1. The fourth-order valence-corrected chi connectivity index (χ4v) is 2.24. The third kappa shape index (κ3) is 4.36. The minimum absolute atomic E-state index is 0.105. The van der Waals surface area contributed by atoms with Gasteiger partial charge in [-0.25, -0.2) is 4.79 Å². The molecule has 21 heavy (non-hydrogen) atoms. The van der Waals surface area contributed by atoms with Gasteiger partial charge in [-0.1, -0.05) is 13.0 Å². The maximum absolute atomic E-state index is 11.9. The SMILES string of the molecule is CCCOC(=O)c1cccc(OCC2CCCCO2)c1N. The summed E-state index contributed by atoms with van der Waals surface area (Å²) in [5.74, 6) is 0.101. The van der Waals surface area contributed by atoms with Gasteiger partial charge in [0.2, 0.25) is 0 Å². The monoisotopic (exact) mass is 293 g/mol. The molecule has 0 saturated carbocycles. The van der Waals surface area contributed by atoms with Crippen LogP contribution in [0.5, 0.6) is 5.75 Å². The van der Waals surface area contributed by atoms with Gasteiger partial charge in [-0.3, -0.25) is 0 Å². The van der Waals surface area contributed by atoms with E-state index < -0.39 is 5.97 Å². The fraction of sp³-hybridized carbons (Fsp3) is 0.562. The zero-order valence-corrected chi connectivity index (χ0v) is 12.5. The molecule has 0 aromatic heterocycles. The first-order chi connectivity index (χ1) is 10.2. The number of nitrogens with two attached hydrogens (primary N) is 1. The van der Waals surface area contributed by atoms with E-state index in [0.717, 1.165) is 32.3 Å². The van der Waals surface area contributed by atoms with Crippen LogP contribution >= 0.6 is 0 Å². The summed E-state index contributed by atoms with van der Waals surface area (Å²) < 4.78 is 16.4. The summed E-state index contributed by atoms with van der Waals surface area (Å²) in [7, 11) is 0. The van der Waals surface area contributed by atoms with Gasteiger partial charge in [-0.15, -0.1) is 0 Å². The summed E-state index contributed by atoms with van der Waals surface area (Å²) in [4.78, 5) is 11.9. The normalized spacial score (nSPS) is 18.2. The zero-order chi connectivity index (χ0) is 15.1. The molecule has 5 nitrogen and oxygen atoms in total. The van der Waals surface area contributed by atoms with E-state index in [9.17, 15) is 4.79 Å². The Labute approximate surface area is 125 Å². The summed E-state index contributed by atoms with van der Waals surface area (Å²) in [6.07, 6.45) is 4.15. The summed E-state index contributed by atoms with van der Waals surface area (Å²) in [5, 5.41) is 0. The molecule has 116 valence electrons. The van der Waals surface area contributed by atoms with Crippen molar-refractivity contribution in [3.8, 4) is 5.75 Å². The first-order valence-corrected chi connectivity index (χ1v) is 7.52. The quantitative estimate of drug-likeness (QED) is 0.645. The largest absolute Gasteiger partial charge is 0.489 e. The van der Waals surface area contributed by atoms with Gasteiger partial charge in [0, 0.05) is 6.61 Å². The molecular weight excluding hydrogens is 270 g/mol. The van der Waals surface area contributed by atoms with Crippen molar-refractivity contribution in [1.82, 2.24) is 0 Å². The molecule has 1 aliphatic rings. The predicted molar refractivity (Wildman–Crippen MR) is 80.5 cm³/mol. The molecule has 1 unspecified atom stereocenters. The Kier molecular flexibility index (Phi) is 5.87. The average Bonchev–Trinajstić information content (AvgIpc) is 2.52. The van der Waals surface area contributed by atoms with Gasteiger partial charge in [-0.05, 0) is 37.8 Å². The molecule has 1 atom stereocenters. The molecule has 2 rings (SSSR count). The standard InChI is InChI=1S/C16H23NO4/c1-2-9-20-16(18)13-7-5-8-14(15(13)17)21-11-12-6-3-4-10-19-12/h5,7-8,12H,2-4,6,9-11,17H2,1H3. The van der Waals surface area contributed by atoms with E-state index in [1.54, 1.807) is 18.2 Å². The number of nitrogen functional groups attached to an aromatic ring is 1. The van der Waals surface area contributed by atoms with Crippen molar-refractivity contribution >= 4 is 11.7 Å². The van der Waals surface area contributed by atoms with Crippen LogP contribution in [-0.2, 0) is 9.47 Å². The van der Waals surface area contributed by atoms with Crippen LogP contribution in [0.4, 0.5) is 5.69 Å². The second-order valence-corrected chi connectivity index (χ2v) is 5.15. The number of rotatable bonds is 6. The van der Waals surface area contributed by atoms with Crippen molar-refractivity contribution in [2.45, 2.75) is 38.7 Å². The number of hydrogen-bond donors (Lipinski definition) is 1. The summed E-state index contributed by atoms with van der Waals surface area (Å²) in [5.41, 5.74) is 6.69. The van der Waals surface area contributed by atoms with Crippen molar-refractivity contribution in [2.24, 2.45) is 0 Å². The molecule has 1 fully saturated rings. The number of hydrogen-bond acceptors (Lipinski definition) is 5. The molecule has 0 bridgehead atoms. The van der Waals surface area contributed by atoms with Gasteiger partial charge in [0.05, 0.1) is 24.0 Å². The number of anilines is 1. The molecule has 1 aliphatic heterocycles. The Balaban J connectivity index is 1.97. The van der Waals surface area contributed by atoms with E-state index in [2.05, 4.69) is 0 Å². The van der Waals surface area contributed by atoms with E-state index in [-0.39, 0.29) is 6.10 Å². The first-order valence-electron chi connectivity index (χ1n) is 7.52. The van der Waals surface area contributed by atoms with Crippen LogP contribution in [0, 0.1) is 0 Å². The van der Waals surface area contributed by atoms with E-state index >= 15 is 0 Å². The molecule has 1 aromatic carbocycles. The Morgan fingerprint density at radius 3 is 3.00 bits per heavy atom. The van der Waals surface area contributed by atoms with Gasteiger partial charge >= 0.3 is 5.97 Å². The maximum Gasteiger partial charge on any atom is 0.340 e. The number of ether oxygens (including phenoxy) is 3. The maximum atomic E-state index is 11.9. The second kappa shape index (κ2) is 7.88. The van der Waals surface area contributed by atoms with E-state index in [1.165, 1.54) is 0 Å². The smallest absolute Gasteiger partial charge is 0.340 e. The van der Waals surface area contributed by atoms with Gasteiger partial charge in [0.25, 0.3) is 0 Å². The second-order valence-electron chi connectivity index (χ2n) is 5.15. The number of benzene rings is 1. The highest BCUT2D eigenvalue weighted by molar-refractivity contribution is 5.96. The van der Waals surface area contributed by atoms with Crippen LogP contribution in [-0.4, -0.2) is 31.9 Å². The van der Waals surface area contributed by atoms with Crippen LogP contribution < -0.4 is 10.5 Å². The first kappa shape index (κ1) is 15.6. The highest BCUT2D eigenvalue weighted by Gasteiger charge is 2.17. The van der Waals surface area contributed by atoms with Crippen LogP contribution in [0.15, 0.2) is 18.2 Å². The van der Waals surface area contributed by atoms with Crippen molar-refractivity contribution in [3.05, 3.63) is 23.8 Å². The molecule has 0 spiro atoms. The summed E-state index contributed by atoms with van der Waals surface area (Å²) in [6, 6.07) is 5.15. The van der Waals surface area contributed by atoms with Crippen LogP contribution in [0.3, 0.4) is 0 Å². The summed E-state index contributed by atoms with van der Waals surface area (Å²) in [6.45, 7) is 3.57. The van der Waals surface area contributed by atoms with E-state index in [0.29, 0.717) is 30.2 Å². The number of carbonyl (C=O) groups is 1. The molecule has 1 aromatic rings. The van der Waals surface area contributed by atoms with Crippen LogP contribution in [0.25, 0.3) is 0 Å². The molecule has 0 radical (unpaired) electrons. The highest BCUT2D eigenvalue weighted by atomic mass is 16.5. The van der Waals surface area contributed by atoms with Gasteiger partial charge in [0.15, 0.2) is 0 Å². The van der Waals surface area contributed by atoms with Crippen molar-refractivity contribution < 1.29 is 19.0 Å². The third-order valence-corrected chi connectivity index (χ3v) is 3.42. The third-order valence-electron chi connectivity index (χ3n) is 3.42. The van der Waals surface area contributed by atoms with Crippen molar-refractivity contribution in [2.75, 3.05) is 25.6 Å².